The number of rotatable bonds is 10. The predicted molar refractivity (Wildman–Crippen MR) is 243 cm³/mol. The molecule has 6 amide bonds. The number of amides is 6. The van der Waals surface area contributed by atoms with Gasteiger partial charge in [-0.15, -0.1) is 0 Å². The third-order valence-electron chi connectivity index (χ3n) is 12.8. The molecule has 18 heteroatoms. The number of carbonyl (C=O) groups is 6. The Hall–Kier alpha value is -6.40. The summed E-state index contributed by atoms with van der Waals surface area (Å²) >= 11 is 0. The number of aromatic amines is 2. The Morgan fingerprint density at radius 3 is 1.39 bits per heavy atom. The van der Waals surface area contributed by atoms with Crippen molar-refractivity contribution in [3.63, 3.8) is 0 Å². The summed E-state index contributed by atoms with van der Waals surface area (Å²) in [5.74, 6) is -1.50. The average Bonchev–Trinajstić information content (AvgIpc) is 3.97. The number of carbonyl (C=O) groups excluding carboxylic acids is 6. The number of likely N-dealkylation sites (tertiary alicyclic amines) is 2. The molecule has 6 heterocycles. The molecule has 340 valence electrons. The molecule has 2 fully saturated rings. The lowest BCUT2D eigenvalue weighted by molar-refractivity contribution is -0.142. The van der Waals surface area contributed by atoms with Gasteiger partial charge in [0.25, 0.3) is 11.8 Å². The van der Waals surface area contributed by atoms with Crippen molar-refractivity contribution in [1.29, 1.82) is 0 Å². The Morgan fingerprint density at radius 2 is 1.03 bits per heavy atom. The third-order valence-corrected chi connectivity index (χ3v) is 12.8. The number of hydrogen-bond donors (Lipinski definition) is 6. The lowest BCUT2D eigenvalue weighted by Crippen LogP contribution is -2.60. The molecule has 0 aliphatic carbocycles. The van der Waals surface area contributed by atoms with Crippen LogP contribution in [0.15, 0.2) is 71.1 Å². The molecule has 18 nitrogen and oxygen atoms in total. The average molecular weight is 877 g/mol. The van der Waals surface area contributed by atoms with E-state index < -0.39 is 45.8 Å². The fraction of sp³-hybridized carbons (Fsp3) is 0.478. The van der Waals surface area contributed by atoms with Gasteiger partial charge >= 0.3 is 0 Å². The van der Waals surface area contributed by atoms with Gasteiger partial charge < -0.3 is 41.9 Å². The van der Waals surface area contributed by atoms with Crippen LogP contribution in [0.25, 0.3) is 21.8 Å². The molecule has 0 saturated carbocycles. The zero-order chi connectivity index (χ0) is 46.5. The van der Waals surface area contributed by atoms with Crippen LogP contribution in [-0.2, 0) is 41.6 Å². The molecule has 0 spiro atoms. The van der Waals surface area contributed by atoms with E-state index in [-0.39, 0.29) is 36.7 Å². The third kappa shape index (κ3) is 8.75. The van der Waals surface area contributed by atoms with E-state index in [2.05, 4.69) is 30.8 Å². The Labute approximate surface area is 372 Å². The molecule has 8 N–H and O–H groups in total. The highest BCUT2D eigenvalue weighted by atomic mass is 16.2. The van der Waals surface area contributed by atoms with Crippen LogP contribution in [0.3, 0.4) is 0 Å². The molecular weight excluding hydrogens is 817 g/mol. The van der Waals surface area contributed by atoms with Gasteiger partial charge in [-0.1, -0.05) is 36.4 Å². The molecule has 8 rings (SSSR count). The Bertz CT molecular complexity index is 2400. The SMILES string of the molecule is CN1N=C2CCN(C(=O)[C@@H](Cc3c[nH]c4ccccc34)NC(=O)C(C)(C)N)CC2(C)C1=O.CN1N=C2CCN(C(=O)[C@H](Cc3c[nH]c4ccccc34)NC(=O)C(C)(C)N)CC2(C)C1=O. The van der Waals surface area contributed by atoms with E-state index in [0.29, 0.717) is 38.8 Å². The number of nitrogens with one attached hydrogen (secondary N) is 4. The van der Waals surface area contributed by atoms with E-state index in [1.807, 2.05) is 74.8 Å². The minimum Gasteiger partial charge on any atom is -0.361 e. The molecule has 4 aromatic rings. The zero-order valence-corrected chi connectivity index (χ0v) is 37.9. The van der Waals surface area contributed by atoms with Crippen molar-refractivity contribution < 1.29 is 28.8 Å². The van der Waals surface area contributed by atoms with Gasteiger partial charge in [-0.05, 0) is 64.8 Å². The van der Waals surface area contributed by atoms with Gasteiger partial charge in [-0.3, -0.25) is 28.8 Å². The first-order valence-corrected chi connectivity index (χ1v) is 21.6. The summed E-state index contributed by atoms with van der Waals surface area (Å²) in [7, 11) is 3.27. The molecule has 4 aliphatic rings. The van der Waals surface area contributed by atoms with Gasteiger partial charge in [0.1, 0.15) is 22.9 Å². The number of hydrazone groups is 2. The van der Waals surface area contributed by atoms with Crippen LogP contribution in [-0.4, -0.2) is 140 Å². The molecule has 0 radical (unpaired) electrons. The van der Waals surface area contributed by atoms with Gasteiger partial charge in [-0.25, -0.2) is 10.0 Å². The van der Waals surface area contributed by atoms with Crippen LogP contribution in [0.5, 0.6) is 0 Å². The number of hydrogen-bond acceptors (Lipinski definition) is 10. The molecule has 2 aromatic heterocycles. The van der Waals surface area contributed by atoms with Crippen LogP contribution >= 0.6 is 0 Å². The van der Waals surface area contributed by atoms with Crippen molar-refractivity contribution in [1.82, 2.24) is 40.4 Å². The number of nitrogens with zero attached hydrogens (tertiary/aromatic N) is 6. The number of piperidine rings is 2. The van der Waals surface area contributed by atoms with Gasteiger partial charge in [0.05, 0.1) is 22.5 Å². The summed E-state index contributed by atoms with van der Waals surface area (Å²) in [5, 5.41) is 19.1. The standard InChI is InChI=1S/2C23H30N6O3/c2*1-22(2,24)20(31)26-17(11-14-12-25-16-8-6-5-7-15(14)16)19(30)29-10-9-18-23(3,13-29)21(32)28(4)27-18/h2*5-8,12,17,25H,9-11,13,24H2,1-4H3,(H,26,31)/t2*17-,23?/m10/s1. The second kappa shape index (κ2) is 17.0. The lowest BCUT2D eigenvalue weighted by atomic mass is 9.79. The fourth-order valence-corrected chi connectivity index (χ4v) is 8.95. The van der Waals surface area contributed by atoms with Crippen molar-refractivity contribution in [2.75, 3.05) is 40.3 Å². The van der Waals surface area contributed by atoms with Gasteiger partial charge in [0, 0.05) is 100 Å². The summed E-state index contributed by atoms with van der Waals surface area (Å²) in [4.78, 5) is 87.8. The number of H-pyrrole nitrogens is 2. The minimum absolute atomic E-state index is 0.120. The maximum Gasteiger partial charge on any atom is 0.255 e. The van der Waals surface area contributed by atoms with Gasteiger partial charge in [-0.2, -0.15) is 10.2 Å². The maximum absolute atomic E-state index is 13.6. The largest absolute Gasteiger partial charge is 0.361 e. The molecule has 2 unspecified atom stereocenters. The Morgan fingerprint density at radius 1 is 0.672 bits per heavy atom. The summed E-state index contributed by atoms with van der Waals surface area (Å²) in [6, 6.07) is 14.0. The maximum atomic E-state index is 13.6. The van der Waals surface area contributed by atoms with E-state index in [0.717, 1.165) is 44.4 Å². The first kappa shape index (κ1) is 45.6. The number of aromatic nitrogens is 2. The molecule has 2 aromatic carbocycles. The van der Waals surface area contributed by atoms with Gasteiger partial charge in [0.15, 0.2) is 0 Å². The van der Waals surface area contributed by atoms with Crippen molar-refractivity contribution in [2.45, 2.75) is 90.4 Å². The molecule has 64 heavy (non-hydrogen) atoms. The topological polar surface area (TPSA) is 248 Å². The van der Waals surface area contributed by atoms with Crippen LogP contribution < -0.4 is 22.1 Å². The predicted octanol–water partition coefficient (Wildman–Crippen LogP) is 2.00. The number of fused-ring (bicyclic) bond motifs is 4. The second-order valence-electron chi connectivity index (χ2n) is 19.1. The van der Waals surface area contributed by atoms with Crippen molar-refractivity contribution >= 4 is 68.7 Å². The highest BCUT2D eigenvalue weighted by molar-refractivity contribution is 6.14. The first-order chi connectivity index (χ1) is 30.0. The number of para-hydroxylation sites is 2. The van der Waals surface area contributed by atoms with Crippen LogP contribution in [0.2, 0.25) is 0 Å². The first-order valence-electron chi connectivity index (χ1n) is 21.6. The quantitative estimate of drug-likeness (QED) is 0.137. The Kier molecular flexibility index (Phi) is 12.1. The normalized spacial score (nSPS) is 22.0. The van der Waals surface area contributed by atoms with E-state index in [9.17, 15) is 28.8 Å². The van der Waals surface area contributed by atoms with Crippen LogP contribution in [0.1, 0.15) is 65.5 Å². The highest BCUT2D eigenvalue weighted by Gasteiger charge is 2.52. The Balaban J connectivity index is 0.000000191. The minimum atomic E-state index is -1.13. The molecular formula is C46H60N12O6. The molecule has 4 aliphatic heterocycles. The van der Waals surface area contributed by atoms with Gasteiger partial charge in [0.2, 0.25) is 23.6 Å². The van der Waals surface area contributed by atoms with Crippen molar-refractivity contribution in [3.05, 3.63) is 72.1 Å². The highest BCUT2D eigenvalue weighted by Crippen LogP contribution is 2.36. The number of nitrogens with two attached hydrogens (primary N) is 2. The van der Waals surface area contributed by atoms with E-state index in [1.165, 1.54) is 10.0 Å². The molecule has 4 atom stereocenters. The summed E-state index contributed by atoms with van der Waals surface area (Å²) < 4.78 is 0. The van der Waals surface area contributed by atoms with E-state index in [1.54, 1.807) is 51.6 Å². The van der Waals surface area contributed by atoms with Crippen LogP contribution in [0, 0.1) is 10.8 Å². The second-order valence-corrected chi connectivity index (χ2v) is 19.1. The summed E-state index contributed by atoms with van der Waals surface area (Å²) in [6.07, 6.45) is 5.40. The monoisotopic (exact) mass is 876 g/mol. The van der Waals surface area contributed by atoms with Crippen molar-refractivity contribution in [3.8, 4) is 0 Å². The van der Waals surface area contributed by atoms with Crippen molar-refractivity contribution in [2.24, 2.45) is 32.5 Å². The lowest BCUT2D eigenvalue weighted by Gasteiger charge is -2.38. The molecule has 2 saturated heterocycles. The fourth-order valence-electron chi connectivity index (χ4n) is 8.95. The molecule has 0 bridgehead atoms. The smallest absolute Gasteiger partial charge is 0.255 e. The van der Waals surface area contributed by atoms with Crippen LogP contribution in [0.4, 0.5) is 0 Å². The zero-order valence-electron chi connectivity index (χ0n) is 37.9. The summed E-state index contributed by atoms with van der Waals surface area (Å²) in [5.41, 5.74) is 13.4. The van der Waals surface area contributed by atoms with E-state index in [4.69, 9.17) is 11.5 Å². The van der Waals surface area contributed by atoms with E-state index >= 15 is 0 Å². The number of benzene rings is 2. The summed E-state index contributed by atoms with van der Waals surface area (Å²) in [6.45, 7) is 11.4.